The van der Waals surface area contributed by atoms with Crippen LogP contribution in [0.2, 0.25) is 0 Å². The molecule has 0 aromatic carbocycles. The molecule has 4 rings (SSSR count). The van der Waals surface area contributed by atoms with Crippen LogP contribution in [0.15, 0.2) is 12.3 Å². The van der Waals surface area contributed by atoms with Crippen LogP contribution in [0.1, 0.15) is 104 Å². The second kappa shape index (κ2) is 17.0. The van der Waals surface area contributed by atoms with E-state index in [0.717, 1.165) is 38.5 Å². The van der Waals surface area contributed by atoms with Gasteiger partial charge in [0.2, 0.25) is 5.91 Å². The van der Waals surface area contributed by atoms with E-state index >= 15 is 0 Å². The molecule has 2 aliphatic heterocycles. The zero-order valence-electron chi connectivity index (χ0n) is 26.8. The minimum absolute atomic E-state index is 0.00523. The van der Waals surface area contributed by atoms with Gasteiger partial charge in [-0.15, -0.1) is 0 Å². The molecule has 6 N–H and O–H groups in total. The van der Waals surface area contributed by atoms with E-state index in [2.05, 4.69) is 16.4 Å². The fourth-order valence-corrected chi connectivity index (χ4v) is 7.46. The van der Waals surface area contributed by atoms with Gasteiger partial charge in [0.05, 0.1) is 37.6 Å². The normalized spacial score (nSPS) is 36.5. The van der Waals surface area contributed by atoms with E-state index in [1.54, 1.807) is 6.92 Å². The molecule has 254 valence electrons. The van der Waals surface area contributed by atoms with Crippen molar-refractivity contribution >= 4 is 5.91 Å². The predicted octanol–water partition coefficient (Wildman–Crippen LogP) is 2.32. The summed E-state index contributed by atoms with van der Waals surface area (Å²) in [7, 11) is 0. The smallest absolute Gasteiger partial charge is 0.219 e. The molecular weight excluding hydrogens is 568 g/mol. The van der Waals surface area contributed by atoms with Crippen LogP contribution in [0.25, 0.3) is 0 Å². The summed E-state index contributed by atoms with van der Waals surface area (Å²) in [6.45, 7) is 4.44. The van der Waals surface area contributed by atoms with E-state index in [-0.39, 0.29) is 36.5 Å². The third-order valence-corrected chi connectivity index (χ3v) is 9.94. The van der Waals surface area contributed by atoms with E-state index in [4.69, 9.17) is 14.2 Å². The van der Waals surface area contributed by atoms with Crippen LogP contribution in [-0.2, 0) is 19.0 Å². The molecule has 2 aliphatic carbocycles. The fraction of sp³-hybridized carbons (Fsp3) is 0.909. The first-order valence-electron chi connectivity index (χ1n) is 17.1. The molecule has 2 saturated carbocycles. The van der Waals surface area contributed by atoms with Gasteiger partial charge >= 0.3 is 0 Å². The van der Waals surface area contributed by atoms with Gasteiger partial charge < -0.3 is 50.0 Å². The summed E-state index contributed by atoms with van der Waals surface area (Å²) in [5, 5.41) is 55.4. The van der Waals surface area contributed by atoms with Gasteiger partial charge in [0.15, 0.2) is 5.79 Å². The molecule has 11 nitrogen and oxygen atoms in total. The molecule has 1 saturated heterocycles. The first kappa shape index (κ1) is 35.5. The molecule has 10 atom stereocenters. The first-order chi connectivity index (χ1) is 21.1. The van der Waals surface area contributed by atoms with Gasteiger partial charge in [-0.2, -0.15) is 0 Å². The Bertz CT molecular complexity index is 904. The van der Waals surface area contributed by atoms with Gasteiger partial charge in [-0.3, -0.25) is 4.79 Å². The molecule has 4 aliphatic rings. The van der Waals surface area contributed by atoms with Gasteiger partial charge in [-0.25, -0.2) is 0 Å². The number of aliphatic hydroxyl groups is 5. The summed E-state index contributed by atoms with van der Waals surface area (Å²) >= 11 is 0. The number of ether oxygens (including phenoxy) is 3. The Morgan fingerprint density at radius 3 is 2.55 bits per heavy atom. The van der Waals surface area contributed by atoms with E-state index in [9.17, 15) is 30.3 Å². The SMILES string of the molecule is CCNC(=O)CCCCCC[C@@H]1[C@@H](CC[C@@H](O)CCC2OCC=CN2C2CC2)[C@H](O)C[C@@H]1O[C@]1(C)C[C@H](O)[C@H](O)C(CO)O1. The van der Waals surface area contributed by atoms with Crippen LogP contribution in [0.4, 0.5) is 0 Å². The van der Waals surface area contributed by atoms with E-state index < -0.39 is 42.9 Å². The van der Waals surface area contributed by atoms with Crippen LogP contribution in [0.5, 0.6) is 0 Å². The Kier molecular flexibility index (Phi) is 13.7. The van der Waals surface area contributed by atoms with E-state index in [1.165, 1.54) is 12.8 Å². The number of unbranched alkanes of at least 4 members (excludes halogenated alkanes) is 3. The summed E-state index contributed by atoms with van der Waals surface area (Å²) in [6.07, 6.45) is 10.0. The number of carbonyl (C=O) groups is 1. The maximum Gasteiger partial charge on any atom is 0.219 e. The summed E-state index contributed by atoms with van der Waals surface area (Å²) in [5.41, 5.74) is 0. The third-order valence-electron chi connectivity index (χ3n) is 9.94. The number of hydrogen-bond acceptors (Lipinski definition) is 10. The fourth-order valence-electron chi connectivity index (χ4n) is 7.46. The monoisotopic (exact) mass is 626 g/mol. The van der Waals surface area contributed by atoms with Crippen molar-refractivity contribution in [3.05, 3.63) is 12.3 Å². The number of rotatable bonds is 18. The van der Waals surface area contributed by atoms with Crippen molar-refractivity contribution < 1.29 is 44.5 Å². The van der Waals surface area contributed by atoms with Crippen molar-refractivity contribution in [2.75, 3.05) is 19.8 Å². The summed E-state index contributed by atoms with van der Waals surface area (Å²) in [5.74, 6) is -1.16. The van der Waals surface area contributed by atoms with Gasteiger partial charge in [0.25, 0.3) is 0 Å². The van der Waals surface area contributed by atoms with E-state index in [0.29, 0.717) is 51.3 Å². The number of hydrogen-bond donors (Lipinski definition) is 6. The van der Waals surface area contributed by atoms with Crippen LogP contribution in [0.3, 0.4) is 0 Å². The minimum atomic E-state index is -1.21. The van der Waals surface area contributed by atoms with E-state index in [1.807, 2.05) is 13.0 Å². The van der Waals surface area contributed by atoms with Crippen LogP contribution < -0.4 is 5.32 Å². The highest BCUT2D eigenvalue weighted by Gasteiger charge is 2.50. The lowest BCUT2D eigenvalue weighted by Gasteiger charge is -2.44. The Morgan fingerprint density at radius 1 is 1.07 bits per heavy atom. The van der Waals surface area contributed by atoms with Crippen molar-refractivity contribution in [3.63, 3.8) is 0 Å². The highest BCUT2D eigenvalue weighted by molar-refractivity contribution is 5.75. The number of carbonyl (C=O) groups excluding carboxylic acids is 1. The Labute approximate surface area is 262 Å². The largest absolute Gasteiger partial charge is 0.394 e. The van der Waals surface area contributed by atoms with Gasteiger partial charge in [-0.05, 0) is 83.1 Å². The molecule has 1 amide bonds. The molecule has 0 spiro atoms. The lowest BCUT2D eigenvalue weighted by molar-refractivity contribution is -0.330. The number of aliphatic hydroxyl groups excluding tert-OH is 5. The lowest BCUT2D eigenvalue weighted by atomic mass is 9.84. The molecule has 0 aromatic rings. The average Bonchev–Trinajstić information content (AvgIpc) is 3.80. The van der Waals surface area contributed by atoms with Crippen molar-refractivity contribution in [1.29, 1.82) is 0 Å². The average molecular weight is 627 g/mol. The Morgan fingerprint density at radius 2 is 1.82 bits per heavy atom. The summed E-state index contributed by atoms with van der Waals surface area (Å²) in [4.78, 5) is 14.1. The molecular formula is C33H58N2O9. The summed E-state index contributed by atoms with van der Waals surface area (Å²) in [6, 6.07) is 0.556. The van der Waals surface area contributed by atoms with Crippen LogP contribution in [0, 0.1) is 11.8 Å². The Hall–Kier alpha value is -1.31. The first-order valence-corrected chi connectivity index (χ1v) is 17.1. The van der Waals surface area contributed by atoms with Crippen molar-refractivity contribution in [2.45, 2.75) is 158 Å². The molecule has 2 heterocycles. The van der Waals surface area contributed by atoms with Crippen molar-refractivity contribution in [1.82, 2.24) is 10.2 Å². The van der Waals surface area contributed by atoms with Crippen molar-refractivity contribution in [2.24, 2.45) is 11.8 Å². The highest BCUT2D eigenvalue weighted by atomic mass is 16.7. The standard InChI is InChI=1S/C33H58N2O9/c1-3-34-30(40)10-7-5-4-6-9-25-24(15-13-23(37)14-16-31-35(22-11-12-22)17-8-18-42-31)26(38)19-28(25)43-33(2)20-27(39)32(41)29(21-36)44-33/h8,17,22-29,31-32,36-39,41H,3-7,9-16,18-21H2,1-2H3,(H,34,40)/t23-,24-,25-,26-,27+,28+,29?,31?,32+,33+/m1/s1. The zero-order chi connectivity index (χ0) is 31.7. The van der Waals surface area contributed by atoms with Gasteiger partial charge in [-0.1, -0.05) is 19.3 Å². The molecule has 44 heavy (non-hydrogen) atoms. The molecule has 3 fully saturated rings. The quantitative estimate of drug-likeness (QED) is 0.125. The van der Waals surface area contributed by atoms with Crippen LogP contribution in [-0.4, -0.2) is 111 Å². The minimum Gasteiger partial charge on any atom is -0.394 e. The topological polar surface area (TPSA) is 161 Å². The lowest BCUT2D eigenvalue weighted by Crippen LogP contribution is -2.56. The molecule has 0 aromatic heterocycles. The maximum absolute atomic E-state index is 11.8. The molecule has 2 unspecified atom stereocenters. The van der Waals surface area contributed by atoms with Gasteiger partial charge in [0.1, 0.15) is 18.4 Å². The second-order valence-corrected chi connectivity index (χ2v) is 13.6. The Balaban J connectivity index is 1.32. The second-order valence-electron chi connectivity index (χ2n) is 13.6. The van der Waals surface area contributed by atoms with Crippen LogP contribution >= 0.6 is 0 Å². The predicted molar refractivity (Wildman–Crippen MR) is 164 cm³/mol. The molecule has 0 bridgehead atoms. The summed E-state index contributed by atoms with van der Waals surface area (Å²) < 4.78 is 18.4. The number of nitrogens with zero attached hydrogens (tertiary/aromatic N) is 1. The third kappa shape index (κ3) is 10.1. The maximum atomic E-state index is 11.8. The number of amides is 1. The van der Waals surface area contributed by atoms with Gasteiger partial charge in [0, 0.05) is 38.0 Å². The highest BCUT2D eigenvalue weighted by Crippen LogP contribution is 2.44. The molecule has 11 heteroatoms. The van der Waals surface area contributed by atoms with Crippen molar-refractivity contribution in [3.8, 4) is 0 Å². The number of nitrogens with one attached hydrogen (secondary N) is 1. The molecule has 0 radical (unpaired) electrons. The zero-order valence-corrected chi connectivity index (χ0v) is 26.8.